The zero-order valence-corrected chi connectivity index (χ0v) is 14.6. The third-order valence-corrected chi connectivity index (χ3v) is 4.86. The van der Waals surface area contributed by atoms with E-state index in [0.29, 0.717) is 26.9 Å². The van der Waals surface area contributed by atoms with Gasteiger partial charge in [0, 0.05) is 16.5 Å². The summed E-state index contributed by atoms with van der Waals surface area (Å²) in [5, 5.41) is 20.0. The van der Waals surface area contributed by atoms with E-state index in [1.807, 2.05) is 31.2 Å². The molecule has 1 heterocycles. The second-order valence-electron chi connectivity index (χ2n) is 5.61. The molecule has 0 radical (unpaired) electrons. The van der Waals surface area contributed by atoms with Crippen LogP contribution in [0.15, 0.2) is 42.5 Å². The quantitative estimate of drug-likeness (QED) is 0.719. The first-order chi connectivity index (χ1) is 12.0. The molecule has 0 spiro atoms. The molecule has 0 aliphatic heterocycles. The Morgan fingerprint density at radius 2 is 1.92 bits per heavy atom. The van der Waals surface area contributed by atoms with Crippen molar-refractivity contribution < 1.29 is 19.7 Å². The van der Waals surface area contributed by atoms with Gasteiger partial charge in [-0.1, -0.05) is 29.8 Å². The lowest BCUT2D eigenvalue weighted by Gasteiger charge is -2.04. The number of benzene rings is 2. The number of thiazole rings is 1. The highest BCUT2D eigenvalue weighted by Crippen LogP contribution is 2.39. The summed E-state index contributed by atoms with van der Waals surface area (Å²) in [6.45, 7) is 1.99. The van der Waals surface area contributed by atoms with Crippen LogP contribution < -0.4 is 4.74 Å². The van der Waals surface area contributed by atoms with Crippen LogP contribution in [0.1, 0.15) is 10.4 Å². The number of carbonyl (C=O) groups is 1. The van der Waals surface area contributed by atoms with Gasteiger partial charge in [0.1, 0.15) is 16.5 Å². The Hall–Kier alpha value is -2.86. The van der Waals surface area contributed by atoms with Crippen LogP contribution in [0.4, 0.5) is 0 Å². The minimum Gasteiger partial charge on any atom is -0.507 e. The number of phenols is 1. The van der Waals surface area contributed by atoms with Crippen LogP contribution in [-0.4, -0.2) is 28.3 Å². The van der Waals surface area contributed by atoms with E-state index in [1.54, 1.807) is 12.1 Å². The molecule has 0 aliphatic rings. The number of methoxy groups -OCH3 is 1. The second-order valence-corrected chi connectivity index (χ2v) is 6.69. The molecular formula is C19H17NO4S. The van der Waals surface area contributed by atoms with Crippen LogP contribution in [0.5, 0.6) is 11.5 Å². The Balaban J connectivity index is 2.10. The Labute approximate surface area is 149 Å². The van der Waals surface area contributed by atoms with E-state index >= 15 is 0 Å². The summed E-state index contributed by atoms with van der Waals surface area (Å²) in [4.78, 5) is 16.5. The van der Waals surface area contributed by atoms with Gasteiger partial charge in [0.25, 0.3) is 0 Å². The third-order valence-electron chi connectivity index (χ3n) is 3.77. The fourth-order valence-corrected chi connectivity index (χ4v) is 3.59. The SMILES string of the molecule is COc1ccc(-c2nc(-c3ccc(C)cc3)c(CC(=O)O)s2)c(O)c1. The maximum absolute atomic E-state index is 11.2. The number of hydrogen-bond acceptors (Lipinski definition) is 5. The average molecular weight is 355 g/mol. The summed E-state index contributed by atoms with van der Waals surface area (Å²) in [6, 6.07) is 12.7. The molecule has 0 aliphatic carbocycles. The van der Waals surface area contributed by atoms with Crippen LogP contribution in [-0.2, 0) is 11.2 Å². The van der Waals surface area contributed by atoms with Gasteiger partial charge in [-0.15, -0.1) is 11.3 Å². The molecule has 0 saturated heterocycles. The highest BCUT2D eigenvalue weighted by molar-refractivity contribution is 7.15. The molecule has 128 valence electrons. The van der Waals surface area contributed by atoms with Gasteiger partial charge in [-0.2, -0.15) is 0 Å². The number of carboxylic acid groups (broad SMARTS) is 1. The lowest BCUT2D eigenvalue weighted by Crippen LogP contribution is -1.99. The highest BCUT2D eigenvalue weighted by atomic mass is 32.1. The molecule has 25 heavy (non-hydrogen) atoms. The van der Waals surface area contributed by atoms with Gasteiger partial charge in [0.15, 0.2) is 0 Å². The van der Waals surface area contributed by atoms with Gasteiger partial charge in [0.05, 0.1) is 24.8 Å². The number of carboxylic acids is 1. The van der Waals surface area contributed by atoms with Crippen LogP contribution in [0.2, 0.25) is 0 Å². The summed E-state index contributed by atoms with van der Waals surface area (Å²) < 4.78 is 5.09. The van der Waals surface area contributed by atoms with Gasteiger partial charge in [-0.25, -0.2) is 4.98 Å². The van der Waals surface area contributed by atoms with E-state index < -0.39 is 5.97 Å². The first-order valence-corrected chi connectivity index (χ1v) is 8.45. The molecule has 0 amide bonds. The van der Waals surface area contributed by atoms with E-state index in [4.69, 9.17) is 4.74 Å². The summed E-state index contributed by atoms with van der Waals surface area (Å²) in [5.74, 6) is -0.324. The van der Waals surface area contributed by atoms with Crippen molar-refractivity contribution in [3.8, 4) is 33.3 Å². The predicted octanol–water partition coefficient (Wildman–Crippen LogP) is 4.13. The summed E-state index contributed by atoms with van der Waals surface area (Å²) >= 11 is 1.27. The number of nitrogens with zero attached hydrogens (tertiary/aromatic N) is 1. The third kappa shape index (κ3) is 3.64. The van der Waals surface area contributed by atoms with Crippen LogP contribution in [0.3, 0.4) is 0 Å². The summed E-state index contributed by atoms with van der Waals surface area (Å²) in [6.07, 6.45) is -0.113. The zero-order valence-electron chi connectivity index (χ0n) is 13.8. The molecular weight excluding hydrogens is 338 g/mol. The monoisotopic (exact) mass is 355 g/mol. The Bertz CT molecular complexity index is 916. The van der Waals surface area contributed by atoms with Crippen molar-refractivity contribution in [3.63, 3.8) is 0 Å². The van der Waals surface area contributed by atoms with Crippen molar-refractivity contribution in [1.29, 1.82) is 0 Å². The molecule has 5 nitrogen and oxygen atoms in total. The molecule has 1 aromatic heterocycles. The fourth-order valence-electron chi connectivity index (χ4n) is 2.48. The second kappa shape index (κ2) is 6.94. The maximum atomic E-state index is 11.2. The average Bonchev–Trinajstić information content (AvgIpc) is 2.98. The Morgan fingerprint density at radius 1 is 1.20 bits per heavy atom. The minimum absolute atomic E-state index is 0.0467. The summed E-state index contributed by atoms with van der Waals surface area (Å²) in [7, 11) is 1.53. The van der Waals surface area contributed by atoms with Crippen molar-refractivity contribution in [2.45, 2.75) is 13.3 Å². The van der Waals surface area contributed by atoms with Gasteiger partial charge in [-0.3, -0.25) is 4.79 Å². The highest BCUT2D eigenvalue weighted by Gasteiger charge is 2.18. The van der Waals surface area contributed by atoms with Gasteiger partial charge < -0.3 is 14.9 Å². The lowest BCUT2D eigenvalue weighted by atomic mass is 10.1. The van der Waals surface area contributed by atoms with Gasteiger partial charge >= 0.3 is 5.97 Å². The van der Waals surface area contributed by atoms with Crippen LogP contribution in [0.25, 0.3) is 21.8 Å². The molecule has 0 fully saturated rings. The molecule has 6 heteroatoms. The number of aromatic hydroxyl groups is 1. The topological polar surface area (TPSA) is 79.7 Å². The molecule has 0 unspecified atom stereocenters. The van der Waals surface area contributed by atoms with Gasteiger partial charge in [0.2, 0.25) is 0 Å². The van der Waals surface area contributed by atoms with Crippen molar-refractivity contribution in [2.75, 3.05) is 7.11 Å². The molecule has 3 aromatic rings. The first kappa shape index (κ1) is 17.0. The first-order valence-electron chi connectivity index (χ1n) is 7.64. The van der Waals surface area contributed by atoms with Gasteiger partial charge in [-0.05, 0) is 19.1 Å². The number of phenolic OH excluding ortho intramolecular Hbond substituents is 1. The van der Waals surface area contributed by atoms with Crippen molar-refractivity contribution in [1.82, 2.24) is 4.98 Å². The van der Waals surface area contributed by atoms with Crippen molar-refractivity contribution in [2.24, 2.45) is 0 Å². The van der Waals surface area contributed by atoms with E-state index in [1.165, 1.54) is 24.5 Å². The lowest BCUT2D eigenvalue weighted by molar-refractivity contribution is -0.136. The van der Waals surface area contributed by atoms with E-state index in [-0.39, 0.29) is 12.2 Å². The number of rotatable bonds is 5. The summed E-state index contributed by atoms with van der Waals surface area (Å²) in [5.41, 5.74) is 3.16. The van der Waals surface area contributed by atoms with E-state index in [9.17, 15) is 15.0 Å². The molecule has 0 bridgehead atoms. The maximum Gasteiger partial charge on any atom is 0.308 e. The molecule has 0 saturated carbocycles. The largest absolute Gasteiger partial charge is 0.507 e. The van der Waals surface area contributed by atoms with Crippen LogP contribution >= 0.6 is 11.3 Å². The number of aryl methyl sites for hydroxylation is 1. The molecule has 2 N–H and O–H groups in total. The normalized spacial score (nSPS) is 10.6. The number of aromatic nitrogens is 1. The number of aliphatic carboxylic acids is 1. The Morgan fingerprint density at radius 3 is 2.52 bits per heavy atom. The van der Waals surface area contributed by atoms with Crippen molar-refractivity contribution >= 4 is 17.3 Å². The molecule has 0 atom stereocenters. The zero-order chi connectivity index (χ0) is 18.0. The smallest absolute Gasteiger partial charge is 0.308 e. The minimum atomic E-state index is -0.914. The molecule has 2 aromatic carbocycles. The van der Waals surface area contributed by atoms with Crippen LogP contribution in [0, 0.1) is 6.92 Å². The number of hydrogen-bond donors (Lipinski definition) is 2. The fraction of sp³-hybridized carbons (Fsp3) is 0.158. The number of ether oxygens (including phenoxy) is 1. The standard InChI is InChI=1S/C19H17NO4S/c1-11-3-5-12(6-4-11)18-16(10-17(22)23)25-19(20-18)14-8-7-13(24-2)9-15(14)21/h3-9,21H,10H2,1-2H3,(H,22,23). The van der Waals surface area contributed by atoms with Crippen molar-refractivity contribution in [3.05, 3.63) is 52.9 Å². The predicted molar refractivity (Wildman–Crippen MR) is 97.3 cm³/mol. The molecule has 3 rings (SSSR count). The van der Waals surface area contributed by atoms with E-state index in [0.717, 1.165) is 11.1 Å². The Kier molecular flexibility index (Phi) is 4.72. The van der Waals surface area contributed by atoms with E-state index in [2.05, 4.69) is 4.98 Å².